The Morgan fingerprint density at radius 1 is 1.29 bits per heavy atom. The highest BCUT2D eigenvalue weighted by molar-refractivity contribution is 6.66. The summed E-state index contributed by atoms with van der Waals surface area (Å²) in [5.41, 5.74) is 8.35. The molecule has 9 heteroatoms. The van der Waals surface area contributed by atoms with Gasteiger partial charge in [0.15, 0.2) is 0 Å². The van der Waals surface area contributed by atoms with Crippen molar-refractivity contribution in [1.29, 1.82) is 0 Å². The summed E-state index contributed by atoms with van der Waals surface area (Å²) in [6.07, 6.45) is 4.78. The molecule has 0 aliphatic carbocycles. The quantitative estimate of drug-likeness (QED) is 0.528. The number of aromatic nitrogens is 4. The maximum Gasteiger partial charge on any atom is 0.327 e. The molecule has 0 spiro atoms. The second kappa shape index (κ2) is 6.93. The minimum Gasteiger partial charge on any atom is -0.497 e. The van der Waals surface area contributed by atoms with E-state index in [0.29, 0.717) is 22.5 Å². The molecule has 0 radical (unpaired) electrons. The van der Waals surface area contributed by atoms with Crippen LogP contribution >= 0.6 is 0 Å². The minimum absolute atomic E-state index is 0.0761. The van der Waals surface area contributed by atoms with Crippen LogP contribution in [0.15, 0.2) is 48.9 Å². The summed E-state index contributed by atoms with van der Waals surface area (Å²) in [6.45, 7) is 0.432. The van der Waals surface area contributed by atoms with Crippen LogP contribution in [-0.2, 0) is 0 Å². The SMILES string of the molecule is COc1cc(-n2cccn2)c(-c2ccc3c(N)cnnc3c2)c(F)c1B(C)O. The predicted octanol–water partition coefficient (Wildman–Crippen LogP) is 2.03. The number of halogens is 1. The van der Waals surface area contributed by atoms with Gasteiger partial charge in [-0.1, -0.05) is 12.9 Å². The fourth-order valence-corrected chi connectivity index (χ4v) is 3.29. The van der Waals surface area contributed by atoms with E-state index in [9.17, 15) is 5.02 Å². The van der Waals surface area contributed by atoms with Crippen LogP contribution in [0, 0.1) is 5.82 Å². The maximum atomic E-state index is 15.6. The van der Waals surface area contributed by atoms with Gasteiger partial charge in [-0.2, -0.15) is 15.3 Å². The Morgan fingerprint density at radius 3 is 2.79 bits per heavy atom. The number of rotatable bonds is 4. The zero-order valence-corrected chi connectivity index (χ0v) is 15.3. The zero-order valence-electron chi connectivity index (χ0n) is 15.3. The fourth-order valence-electron chi connectivity index (χ4n) is 3.29. The van der Waals surface area contributed by atoms with Crippen molar-refractivity contribution in [1.82, 2.24) is 20.0 Å². The number of ether oxygens (including phenoxy) is 1. The number of hydrogen-bond donors (Lipinski definition) is 2. The van der Waals surface area contributed by atoms with Crippen LogP contribution in [0.2, 0.25) is 6.82 Å². The van der Waals surface area contributed by atoms with Gasteiger partial charge in [0.2, 0.25) is 0 Å². The summed E-state index contributed by atoms with van der Waals surface area (Å²) < 4.78 is 22.5. The molecule has 0 aliphatic heterocycles. The van der Waals surface area contributed by atoms with E-state index in [1.54, 1.807) is 47.4 Å². The van der Waals surface area contributed by atoms with Crippen molar-refractivity contribution in [2.24, 2.45) is 0 Å². The van der Waals surface area contributed by atoms with Gasteiger partial charge in [-0.25, -0.2) is 9.07 Å². The predicted molar refractivity (Wildman–Crippen MR) is 106 cm³/mol. The normalized spacial score (nSPS) is 11.0. The number of anilines is 1. The van der Waals surface area contributed by atoms with Crippen LogP contribution in [-0.4, -0.2) is 39.0 Å². The van der Waals surface area contributed by atoms with E-state index in [0.717, 1.165) is 5.39 Å². The molecule has 4 aromatic rings. The first kappa shape index (κ1) is 17.9. The maximum absolute atomic E-state index is 15.6. The largest absolute Gasteiger partial charge is 0.497 e. The van der Waals surface area contributed by atoms with Gasteiger partial charge in [-0.05, 0) is 23.8 Å². The molecule has 0 unspecified atom stereocenters. The molecule has 2 aromatic heterocycles. The van der Waals surface area contributed by atoms with E-state index in [1.807, 2.05) is 0 Å². The second-order valence-electron chi connectivity index (χ2n) is 6.36. The molecule has 7 nitrogen and oxygen atoms in total. The number of hydrogen-bond acceptors (Lipinski definition) is 6. The van der Waals surface area contributed by atoms with Crippen molar-refractivity contribution in [3.05, 3.63) is 54.7 Å². The first-order chi connectivity index (χ1) is 13.5. The third-order valence-corrected chi connectivity index (χ3v) is 4.59. The minimum atomic E-state index is -1.06. The van der Waals surface area contributed by atoms with E-state index in [4.69, 9.17) is 10.5 Å². The Hall–Kier alpha value is -3.46. The Kier molecular flexibility index (Phi) is 4.44. The Bertz CT molecular complexity index is 1160. The lowest BCUT2D eigenvalue weighted by Gasteiger charge is -2.18. The van der Waals surface area contributed by atoms with Gasteiger partial charge < -0.3 is 15.5 Å². The summed E-state index contributed by atoms with van der Waals surface area (Å²) in [4.78, 5) is 0. The average Bonchev–Trinajstić information content (AvgIpc) is 3.21. The molecule has 0 saturated carbocycles. The number of benzene rings is 2. The van der Waals surface area contributed by atoms with Gasteiger partial charge >= 0.3 is 6.92 Å². The number of nitrogens with zero attached hydrogens (tertiary/aromatic N) is 4. The standard InChI is InChI=1S/C19H17BFN5O2/c1-20(27)18-16(28-2)9-15(26-7-3-6-24-26)17(19(18)21)11-4-5-12-13(22)10-23-25-14(12)8-11/h3-10,27H,1-2H3,(H2,22,25). The first-order valence-corrected chi connectivity index (χ1v) is 8.61. The molecular formula is C19H17BFN5O2. The second-order valence-corrected chi connectivity index (χ2v) is 6.36. The molecular weight excluding hydrogens is 360 g/mol. The monoisotopic (exact) mass is 377 g/mol. The van der Waals surface area contributed by atoms with Crippen molar-refractivity contribution in [2.45, 2.75) is 6.82 Å². The number of nitrogens with two attached hydrogens (primary N) is 1. The lowest BCUT2D eigenvalue weighted by atomic mass is 9.63. The van der Waals surface area contributed by atoms with E-state index >= 15 is 4.39 Å². The van der Waals surface area contributed by atoms with E-state index in [-0.39, 0.29) is 16.8 Å². The van der Waals surface area contributed by atoms with Crippen molar-refractivity contribution in [2.75, 3.05) is 12.8 Å². The van der Waals surface area contributed by atoms with E-state index in [1.165, 1.54) is 20.1 Å². The molecule has 0 amide bonds. The van der Waals surface area contributed by atoms with Crippen molar-refractivity contribution >= 4 is 29.0 Å². The molecule has 0 atom stereocenters. The Labute approximate surface area is 160 Å². The van der Waals surface area contributed by atoms with Crippen LogP contribution in [0.25, 0.3) is 27.7 Å². The van der Waals surface area contributed by atoms with Crippen LogP contribution in [0.3, 0.4) is 0 Å². The molecule has 4 rings (SSSR count). The van der Waals surface area contributed by atoms with Crippen LogP contribution in [0.1, 0.15) is 0 Å². The van der Waals surface area contributed by atoms with Crippen LogP contribution in [0.4, 0.5) is 10.1 Å². The van der Waals surface area contributed by atoms with E-state index in [2.05, 4.69) is 15.3 Å². The van der Waals surface area contributed by atoms with Crippen LogP contribution in [0.5, 0.6) is 5.75 Å². The molecule has 140 valence electrons. The molecule has 0 aliphatic rings. The molecule has 0 saturated heterocycles. The van der Waals surface area contributed by atoms with Crippen molar-refractivity contribution < 1.29 is 14.2 Å². The van der Waals surface area contributed by atoms with Crippen LogP contribution < -0.4 is 15.9 Å². The average molecular weight is 377 g/mol. The van der Waals surface area contributed by atoms with Gasteiger partial charge in [0, 0.05) is 34.9 Å². The highest BCUT2D eigenvalue weighted by Gasteiger charge is 2.26. The fraction of sp³-hybridized carbons (Fsp3) is 0.105. The molecule has 3 N–H and O–H groups in total. The lowest BCUT2D eigenvalue weighted by Crippen LogP contribution is -2.32. The smallest absolute Gasteiger partial charge is 0.327 e. The summed E-state index contributed by atoms with van der Waals surface area (Å²) in [7, 11) is 1.43. The summed E-state index contributed by atoms with van der Waals surface area (Å²) in [5.74, 6) is -0.345. The van der Waals surface area contributed by atoms with Crippen molar-refractivity contribution in [3.8, 4) is 22.6 Å². The van der Waals surface area contributed by atoms with Gasteiger partial charge in [0.25, 0.3) is 0 Å². The summed E-state index contributed by atoms with van der Waals surface area (Å²) in [5, 5.41) is 23.0. The topological polar surface area (TPSA) is 99.1 Å². The highest BCUT2D eigenvalue weighted by atomic mass is 19.1. The molecule has 0 fully saturated rings. The van der Waals surface area contributed by atoms with Gasteiger partial charge in [0.05, 0.1) is 30.2 Å². The first-order valence-electron chi connectivity index (χ1n) is 8.61. The van der Waals surface area contributed by atoms with Crippen molar-refractivity contribution in [3.63, 3.8) is 0 Å². The molecule has 2 aromatic carbocycles. The molecule has 28 heavy (non-hydrogen) atoms. The molecule has 0 bridgehead atoms. The highest BCUT2D eigenvalue weighted by Crippen LogP contribution is 2.34. The Morgan fingerprint density at radius 2 is 2.11 bits per heavy atom. The lowest BCUT2D eigenvalue weighted by molar-refractivity contribution is 0.414. The molecule has 2 heterocycles. The third-order valence-electron chi connectivity index (χ3n) is 4.59. The zero-order chi connectivity index (χ0) is 19.8. The van der Waals surface area contributed by atoms with Gasteiger partial charge in [-0.15, -0.1) is 0 Å². The van der Waals surface area contributed by atoms with E-state index < -0.39 is 12.7 Å². The Balaban J connectivity index is 2.06. The number of fused-ring (bicyclic) bond motifs is 1. The summed E-state index contributed by atoms with van der Waals surface area (Å²) >= 11 is 0. The number of methoxy groups -OCH3 is 1. The summed E-state index contributed by atoms with van der Waals surface area (Å²) in [6, 6.07) is 8.63. The van der Waals surface area contributed by atoms with Gasteiger partial charge in [-0.3, -0.25) is 0 Å². The number of nitrogen functional groups attached to an aromatic ring is 1. The van der Waals surface area contributed by atoms with Gasteiger partial charge in [0.1, 0.15) is 11.6 Å². The third kappa shape index (κ3) is 2.85.